The minimum absolute atomic E-state index is 0.279. The minimum atomic E-state index is -1.42. The van der Waals surface area contributed by atoms with Gasteiger partial charge in [0.2, 0.25) is 0 Å². The van der Waals surface area contributed by atoms with Gasteiger partial charge in [-0.3, -0.25) is 4.79 Å². The summed E-state index contributed by atoms with van der Waals surface area (Å²) in [6.07, 6.45) is -1.42. The fourth-order valence-electron chi connectivity index (χ4n) is 1.33. The van der Waals surface area contributed by atoms with Gasteiger partial charge in [0.25, 0.3) is 0 Å². The van der Waals surface area contributed by atoms with Crippen LogP contribution in [0.3, 0.4) is 0 Å². The van der Waals surface area contributed by atoms with Gasteiger partial charge in [0, 0.05) is 5.56 Å². The van der Waals surface area contributed by atoms with Gasteiger partial charge in [-0.15, -0.1) is 0 Å². The maximum absolute atomic E-state index is 11.8. The van der Waals surface area contributed by atoms with Gasteiger partial charge in [0.05, 0.1) is 13.0 Å². The maximum atomic E-state index is 11.8. The van der Waals surface area contributed by atoms with Crippen molar-refractivity contribution >= 4 is 11.8 Å². The second kappa shape index (κ2) is 5.42. The molecule has 0 fully saturated rings. The molecule has 86 valence electrons. The lowest BCUT2D eigenvalue weighted by molar-refractivity contribution is -0.152. The summed E-state index contributed by atoms with van der Waals surface area (Å²) in [6, 6.07) is 8.53. The first-order chi connectivity index (χ1) is 7.57. The monoisotopic (exact) mass is 222 g/mol. The van der Waals surface area contributed by atoms with E-state index in [-0.39, 0.29) is 5.78 Å². The highest BCUT2D eigenvalue weighted by Crippen LogP contribution is 2.13. The number of methoxy groups -OCH3 is 1. The summed E-state index contributed by atoms with van der Waals surface area (Å²) in [5.74, 6) is -1.88. The van der Waals surface area contributed by atoms with Gasteiger partial charge in [-0.2, -0.15) is 0 Å². The van der Waals surface area contributed by atoms with Crippen molar-refractivity contribution in [2.24, 2.45) is 5.92 Å². The summed E-state index contributed by atoms with van der Waals surface area (Å²) in [6.45, 7) is 1.50. The number of aliphatic hydroxyl groups is 1. The summed E-state index contributed by atoms with van der Waals surface area (Å²) in [5, 5.41) is 9.52. The number of esters is 1. The Morgan fingerprint density at radius 1 is 1.25 bits per heavy atom. The van der Waals surface area contributed by atoms with E-state index >= 15 is 0 Å². The topological polar surface area (TPSA) is 63.6 Å². The molecule has 0 aliphatic heterocycles. The molecule has 0 unspecified atom stereocenters. The van der Waals surface area contributed by atoms with E-state index < -0.39 is 18.0 Å². The highest BCUT2D eigenvalue weighted by Gasteiger charge is 2.29. The first-order valence-electron chi connectivity index (χ1n) is 4.93. The van der Waals surface area contributed by atoms with E-state index in [0.29, 0.717) is 5.56 Å². The molecule has 0 aliphatic rings. The number of benzene rings is 1. The van der Waals surface area contributed by atoms with Crippen molar-refractivity contribution in [1.82, 2.24) is 0 Å². The smallest absolute Gasteiger partial charge is 0.335 e. The Labute approximate surface area is 93.9 Å². The molecule has 0 spiro atoms. The number of ketones is 1. The van der Waals surface area contributed by atoms with Crippen molar-refractivity contribution in [3.63, 3.8) is 0 Å². The van der Waals surface area contributed by atoms with Crippen LogP contribution in [0.15, 0.2) is 30.3 Å². The molecule has 4 heteroatoms. The van der Waals surface area contributed by atoms with Crippen LogP contribution in [0.4, 0.5) is 0 Å². The van der Waals surface area contributed by atoms with Crippen molar-refractivity contribution < 1.29 is 19.4 Å². The van der Waals surface area contributed by atoms with Crippen LogP contribution in [0.2, 0.25) is 0 Å². The molecule has 0 radical (unpaired) electrons. The Hall–Kier alpha value is -1.68. The first kappa shape index (κ1) is 12.4. The largest absolute Gasteiger partial charge is 0.467 e. The van der Waals surface area contributed by atoms with Crippen molar-refractivity contribution in [1.29, 1.82) is 0 Å². The highest BCUT2D eigenvalue weighted by atomic mass is 16.5. The third-order valence-electron chi connectivity index (χ3n) is 2.39. The number of hydrogen-bond donors (Lipinski definition) is 1. The molecular formula is C12H14O4. The van der Waals surface area contributed by atoms with Gasteiger partial charge in [-0.25, -0.2) is 4.79 Å². The molecule has 16 heavy (non-hydrogen) atoms. The van der Waals surface area contributed by atoms with Crippen LogP contribution >= 0.6 is 0 Å². The molecule has 0 saturated carbocycles. The normalized spacial score (nSPS) is 13.9. The summed E-state index contributed by atoms with van der Waals surface area (Å²) in [5.41, 5.74) is 0.470. The standard InChI is InChI=1S/C12H14O4/c1-8(11(14)12(15)16-2)10(13)9-6-4-3-5-7-9/h3-8,11,14H,1-2H3/t8-,11-/m1/s1. The van der Waals surface area contributed by atoms with Gasteiger partial charge in [0.1, 0.15) is 0 Å². The Kier molecular flexibility index (Phi) is 4.19. The van der Waals surface area contributed by atoms with Gasteiger partial charge < -0.3 is 9.84 Å². The minimum Gasteiger partial charge on any atom is -0.467 e. The van der Waals surface area contributed by atoms with Gasteiger partial charge in [0.15, 0.2) is 11.9 Å². The van der Waals surface area contributed by atoms with E-state index in [1.165, 1.54) is 14.0 Å². The van der Waals surface area contributed by atoms with Gasteiger partial charge in [-0.1, -0.05) is 37.3 Å². The molecule has 0 heterocycles. The number of aliphatic hydroxyl groups excluding tert-OH is 1. The molecule has 0 saturated heterocycles. The molecule has 1 aromatic rings. The van der Waals surface area contributed by atoms with Gasteiger partial charge >= 0.3 is 5.97 Å². The highest BCUT2D eigenvalue weighted by molar-refractivity contribution is 6.00. The molecule has 1 N–H and O–H groups in total. The van der Waals surface area contributed by atoms with Crippen molar-refractivity contribution in [2.75, 3.05) is 7.11 Å². The third kappa shape index (κ3) is 2.67. The predicted octanol–water partition coefficient (Wildman–Crippen LogP) is 1.04. The van der Waals surface area contributed by atoms with E-state index in [1.807, 2.05) is 0 Å². The van der Waals surface area contributed by atoms with E-state index in [0.717, 1.165) is 0 Å². The summed E-state index contributed by atoms with van der Waals surface area (Å²) < 4.78 is 4.38. The average Bonchev–Trinajstić information content (AvgIpc) is 2.36. The van der Waals surface area contributed by atoms with E-state index in [4.69, 9.17) is 0 Å². The number of hydrogen-bond acceptors (Lipinski definition) is 4. The van der Waals surface area contributed by atoms with E-state index in [9.17, 15) is 14.7 Å². The van der Waals surface area contributed by atoms with Crippen LogP contribution in [0.25, 0.3) is 0 Å². The third-order valence-corrected chi connectivity index (χ3v) is 2.39. The first-order valence-corrected chi connectivity index (χ1v) is 4.93. The summed E-state index contributed by atoms with van der Waals surface area (Å²) in [7, 11) is 1.17. The molecular weight excluding hydrogens is 208 g/mol. The van der Waals surface area contributed by atoms with Gasteiger partial charge in [-0.05, 0) is 0 Å². The zero-order valence-corrected chi connectivity index (χ0v) is 9.21. The van der Waals surface area contributed by atoms with Crippen LogP contribution < -0.4 is 0 Å². The Balaban J connectivity index is 2.79. The number of ether oxygens (including phenoxy) is 1. The van der Waals surface area contributed by atoms with E-state index in [1.54, 1.807) is 30.3 Å². The Morgan fingerprint density at radius 3 is 2.31 bits per heavy atom. The zero-order chi connectivity index (χ0) is 12.1. The molecule has 0 aliphatic carbocycles. The molecule has 2 atom stereocenters. The lowest BCUT2D eigenvalue weighted by Gasteiger charge is -2.15. The molecule has 0 bridgehead atoms. The second-order valence-electron chi connectivity index (χ2n) is 3.49. The number of carbonyl (C=O) groups excluding carboxylic acids is 2. The molecule has 0 aromatic heterocycles. The fraction of sp³-hybridized carbons (Fsp3) is 0.333. The Morgan fingerprint density at radius 2 is 1.81 bits per heavy atom. The molecule has 0 amide bonds. The van der Waals surface area contributed by atoms with Crippen LogP contribution in [0.1, 0.15) is 17.3 Å². The van der Waals surface area contributed by atoms with Crippen molar-refractivity contribution in [3.05, 3.63) is 35.9 Å². The molecule has 4 nitrogen and oxygen atoms in total. The van der Waals surface area contributed by atoms with Crippen molar-refractivity contribution in [3.8, 4) is 0 Å². The van der Waals surface area contributed by atoms with Crippen LogP contribution in [-0.4, -0.2) is 30.1 Å². The summed E-state index contributed by atoms with van der Waals surface area (Å²) >= 11 is 0. The molecule has 1 rings (SSSR count). The SMILES string of the molecule is COC(=O)[C@H](O)[C@H](C)C(=O)c1ccccc1. The molecule has 1 aromatic carbocycles. The van der Waals surface area contributed by atoms with Crippen LogP contribution in [0.5, 0.6) is 0 Å². The quantitative estimate of drug-likeness (QED) is 0.610. The summed E-state index contributed by atoms with van der Waals surface area (Å²) in [4.78, 5) is 22.9. The number of rotatable bonds is 4. The lowest BCUT2D eigenvalue weighted by Crippen LogP contribution is -2.33. The van der Waals surface area contributed by atoms with Crippen molar-refractivity contribution in [2.45, 2.75) is 13.0 Å². The predicted molar refractivity (Wildman–Crippen MR) is 58.0 cm³/mol. The number of Topliss-reactive ketones (excluding diaryl/α,β-unsaturated/α-hetero) is 1. The lowest BCUT2D eigenvalue weighted by atomic mass is 9.94. The fourth-order valence-corrected chi connectivity index (χ4v) is 1.33. The maximum Gasteiger partial charge on any atom is 0.335 e. The average molecular weight is 222 g/mol. The van der Waals surface area contributed by atoms with Crippen LogP contribution in [-0.2, 0) is 9.53 Å². The van der Waals surface area contributed by atoms with E-state index in [2.05, 4.69) is 4.74 Å². The second-order valence-corrected chi connectivity index (χ2v) is 3.49. The number of carbonyl (C=O) groups is 2. The Bertz CT molecular complexity index is 372. The zero-order valence-electron chi connectivity index (χ0n) is 9.21. The van der Waals surface area contributed by atoms with Crippen LogP contribution in [0, 0.1) is 5.92 Å².